The molecule has 2 amide bonds. The smallest absolute Gasteiger partial charge is 0.368 e. The van der Waals surface area contributed by atoms with Crippen LogP contribution in [0.25, 0.3) is 0 Å². The van der Waals surface area contributed by atoms with E-state index in [9.17, 15) is 18.0 Å². The number of benzene rings is 2. The van der Waals surface area contributed by atoms with Crippen molar-refractivity contribution in [3.05, 3.63) is 59.2 Å². The largest absolute Gasteiger partial charge is 0.416 e. The molecule has 0 atom stereocenters. The molecule has 3 rings (SSSR count). The Kier molecular flexibility index (Phi) is 5.30. The number of amides is 2. The van der Waals surface area contributed by atoms with Gasteiger partial charge in [0.15, 0.2) is 0 Å². The summed E-state index contributed by atoms with van der Waals surface area (Å²) in [6.07, 6.45) is -4.36. The van der Waals surface area contributed by atoms with Gasteiger partial charge in [0, 0.05) is 37.6 Å². The number of hydrogen-bond donors (Lipinski definition) is 1. The zero-order valence-electron chi connectivity index (χ0n) is 15.3. The molecular weight excluding hydrogens is 355 g/mol. The molecule has 1 heterocycles. The highest BCUT2D eigenvalue weighted by molar-refractivity contribution is 5.89. The average molecular weight is 377 g/mol. The summed E-state index contributed by atoms with van der Waals surface area (Å²) < 4.78 is 38.7. The molecule has 1 fully saturated rings. The van der Waals surface area contributed by atoms with Gasteiger partial charge in [-0.2, -0.15) is 13.2 Å². The molecule has 27 heavy (non-hydrogen) atoms. The molecule has 0 aliphatic carbocycles. The molecule has 1 saturated heterocycles. The first kappa shape index (κ1) is 19.1. The van der Waals surface area contributed by atoms with Gasteiger partial charge < -0.3 is 15.1 Å². The number of nitrogens with one attached hydrogen (secondary N) is 1. The van der Waals surface area contributed by atoms with Gasteiger partial charge in [-0.25, -0.2) is 4.79 Å². The number of rotatable bonds is 2. The van der Waals surface area contributed by atoms with Gasteiger partial charge in [0.25, 0.3) is 0 Å². The number of urea groups is 1. The van der Waals surface area contributed by atoms with Crippen molar-refractivity contribution in [3.8, 4) is 0 Å². The third-order valence-electron chi connectivity index (χ3n) is 4.86. The van der Waals surface area contributed by atoms with E-state index in [4.69, 9.17) is 0 Å². The lowest BCUT2D eigenvalue weighted by Crippen LogP contribution is -2.50. The van der Waals surface area contributed by atoms with Crippen molar-refractivity contribution >= 4 is 17.4 Å². The second-order valence-corrected chi connectivity index (χ2v) is 6.75. The van der Waals surface area contributed by atoms with E-state index in [1.165, 1.54) is 6.07 Å². The Bertz CT molecular complexity index is 827. The lowest BCUT2D eigenvalue weighted by molar-refractivity contribution is -0.137. The minimum atomic E-state index is -4.36. The van der Waals surface area contributed by atoms with Crippen LogP contribution in [0.3, 0.4) is 0 Å². The molecule has 0 unspecified atom stereocenters. The standard InChI is InChI=1S/C20H22F3N3O/c1-14-6-7-17(12-15(14)2)24-19(27)26-10-8-25(9-11-26)18-5-3-4-16(13-18)20(21,22)23/h3-7,12-13H,8-11H2,1-2H3,(H,24,27). The van der Waals surface area contributed by atoms with Crippen LogP contribution in [0.1, 0.15) is 16.7 Å². The average Bonchev–Trinajstić information content (AvgIpc) is 2.64. The molecule has 7 heteroatoms. The minimum absolute atomic E-state index is 0.193. The number of aryl methyl sites for hydroxylation is 2. The number of piperazine rings is 1. The minimum Gasteiger partial charge on any atom is -0.368 e. The fourth-order valence-corrected chi connectivity index (χ4v) is 3.07. The van der Waals surface area contributed by atoms with Gasteiger partial charge in [-0.1, -0.05) is 12.1 Å². The van der Waals surface area contributed by atoms with Crippen LogP contribution >= 0.6 is 0 Å². The third kappa shape index (κ3) is 4.53. The second-order valence-electron chi connectivity index (χ2n) is 6.75. The van der Waals surface area contributed by atoms with Crippen LogP contribution in [0.4, 0.5) is 29.3 Å². The maximum Gasteiger partial charge on any atom is 0.416 e. The molecule has 2 aromatic rings. The Labute approximate surface area is 156 Å². The van der Waals surface area contributed by atoms with Gasteiger partial charge in [-0.05, 0) is 55.3 Å². The summed E-state index contributed by atoms with van der Waals surface area (Å²) in [5.41, 5.74) is 2.86. The molecule has 1 aliphatic rings. The van der Waals surface area contributed by atoms with Crippen LogP contribution < -0.4 is 10.2 Å². The van der Waals surface area contributed by atoms with Crippen molar-refractivity contribution in [1.82, 2.24) is 4.90 Å². The SMILES string of the molecule is Cc1ccc(NC(=O)N2CCN(c3cccc(C(F)(F)F)c3)CC2)cc1C. The lowest BCUT2D eigenvalue weighted by Gasteiger charge is -2.36. The van der Waals surface area contributed by atoms with E-state index < -0.39 is 11.7 Å². The molecule has 1 aliphatic heterocycles. The van der Waals surface area contributed by atoms with E-state index in [1.807, 2.05) is 36.9 Å². The van der Waals surface area contributed by atoms with Crippen LogP contribution in [-0.4, -0.2) is 37.1 Å². The summed E-state index contributed by atoms with van der Waals surface area (Å²) in [7, 11) is 0. The van der Waals surface area contributed by atoms with Crippen molar-refractivity contribution in [3.63, 3.8) is 0 Å². The van der Waals surface area contributed by atoms with E-state index in [2.05, 4.69) is 5.32 Å². The van der Waals surface area contributed by atoms with Crippen molar-refractivity contribution in [2.75, 3.05) is 36.4 Å². The monoisotopic (exact) mass is 377 g/mol. The lowest BCUT2D eigenvalue weighted by atomic mass is 10.1. The molecule has 0 aromatic heterocycles. The molecular formula is C20H22F3N3O. The maximum atomic E-state index is 12.9. The summed E-state index contributed by atoms with van der Waals surface area (Å²) in [5, 5.41) is 2.88. The fraction of sp³-hybridized carbons (Fsp3) is 0.350. The number of hydrogen-bond acceptors (Lipinski definition) is 2. The number of nitrogens with zero attached hydrogens (tertiary/aromatic N) is 2. The molecule has 2 aromatic carbocycles. The summed E-state index contributed by atoms with van der Waals surface area (Å²) >= 11 is 0. The predicted molar refractivity (Wildman–Crippen MR) is 100 cm³/mol. The summed E-state index contributed by atoms with van der Waals surface area (Å²) in [6, 6.07) is 10.8. The van der Waals surface area contributed by atoms with Crippen molar-refractivity contribution in [1.29, 1.82) is 0 Å². The third-order valence-corrected chi connectivity index (χ3v) is 4.86. The topological polar surface area (TPSA) is 35.6 Å². The molecule has 1 N–H and O–H groups in total. The van der Waals surface area contributed by atoms with Gasteiger partial charge in [0.05, 0.1) is 5.56 Å². The number of anilines is 2. The van der Waals surface area contributed by atoms with Gasteiger partial charge >= 0.3 is 12.2 Å². The molecule has 4 nitrogen and oxygen atoms in total. The van der Waals surface area contributed by atoms with Crippen molar-refractivity contribution < 1.29 is 18.0 Å². The highest BCUT2D eigenvalue weighted by Crippen LogP contribution is 2.31. The van der Waals surface area contributed by atoms with Crippen LogP contribution in [0, 0.1) is 13.8 Å². The predicted octanol–water partition coefficient (Wildman–Crippen LogP) is 4.68. The van der Waals surface area contributed by atoms with E-state index in [0.717, 1.165) is 28.9 Å². The number of alkyl halides is 3. The molecule has 0 spiro atoms. The Morgan fingerprint density at radius 1 is 0.963 bits per heavy atom. The Morgan fingerprint density at radius 3 is 2.30 bits per heavy atom. The van der Waals surface area contributed by atoms with Crippen LogP contribution in [0.2, 0.25) is 0 Å². The van der Waals surface area contributed by atoms with E-state index in [0.29, 0.717) is 31.9 Å². The number of carbonyl (C=O) groups excluding carboxylic acids is 1. The summed E-state index contributed by atoms with van der Waals surface area (Å²) in [6.45, 7) is 5.87. The molecule has 0 radical (unpaired) electrons. The Morgan fingerprint density at radius 2 is 1.67 bits per heavy atom. The first-order valence-electron chi connectivity index (χ1n) is 8.79. The van der Waals surface area contributed by atoms with Gasteiger partial charge in [-0.3, -0.25) is 0 Å². The number of carbonyl (C=O) groups is 1. The highest BCUT2D eigenvalue weighted by Gasteiger charge is 2.31. The second kappa shape index (κ2) is 7.50. The van der Waals surface area contributed by atoms with Crippen molar-refractivity contribution in [2.24, 2.45) is 0 Å². The van der Waals surface area contributed by atoms with Gasteiger partial charge in [0.2, 0.25) is 0 Å². The first-order valence-corrected chi connectivity index (χ1v) is 8.79. The Hall–Kier alpha value is -2.70. The highest BCUT2D eigenvalue weighted by atomic mass is 19.4. The molecule has 0 saturated carbocycles. The Balaban J connectivity index is 1.60. The molecule has 144 valence electrons. The van der Waals surface area contributed by atoms with E-state index in [-0.39, 0.29) is 6.03 Å². The van der Waals surface area contributed by atoms with E-state index in [1.54, 1.807) is 11.0 Å². The molecule has 0 bridgehead atoms. The van der Waals surface area contributed by atoms with Crippen LogP contribution in [-0.2, 0) is 6.18 Å². The summed E-state index contributed by atoms with van der Waals surface area (Å²) in [4.78, 5) is 16.0. The van der Waals surface area contributed by atoms with Crippen LogP contribution in [0.5, 0.6) is 0 Å². The van der Waals surface area contributed by atoms with Gasteiger partial charge in [0.1, 0.15) is 0 Å². The number of halogens is 3. The first-order chi connectivity index (χ1) is 12.7. The quantitative estimate of drug-likeness (QED) is 0.825. The summed E-state index contributed by atoms with van der Waals surface area (Å²) in [5.74, 6) is 0. The maximum absolute atomic E-state index is 12.9. The van der Waals surface area contributed by atoms with Crippen molar-refractivity contribution in [2.45, 2.75) is 20.0 Å². The zero-order valence-corrected chi connectivity index (χ0v) is 15.3. The van der Waals surface area contributed by atoms with E-state index >= 15 is 0 Å². The fourth-order valence-electron chi connectivity index (χ4n) is 3.07. The van der Waals surface area contributed by atoms with Crippen LogP contribution in [0.15, 0.2) is 42.5 Å². The zero-order chi connectivity index (χ0) is 19.6. The normalized spacial score (nSPS) is 15.0. The van der Waals surface area contributed by atoms with Gasteiger partial charge in [-0.15, -0.1) is 0 Å².